The third-order valence-electron chi connectivity index (χ3n) is 3.39. The Bertz CT molecular complexity index is 655. The van der Waals surface area contributed by atoms with Crippen LogP contribution in [0.15, 0.2) is 34.9 Å². The minimum absolute atomic E-state index is 0.207. The van der Waals surface area contributed by atoms with E-state index in [1.54, 1.807) is 6.07 Å². The van der Waals surface area contributed by atoms with Crippen molar-refractivity contribution in [3.05, 3.63) is 53.5 Å². The number of carbonyl (C=O) groups is 1. The first-order valence-corrected chi connectivity index (χ1v) is 7.69. The maximum absolute atomic E-state index is 13.1. The van der Waals surface area contributed by atoms with Crippen LogP contribution in [0.5, 0.6) is 0 Å². The van der Waals surface area contributed by atoms with Crippen LogP contribution in [0.1, 0.15) is 48.3 Å². The molecule has 2 rings (SSSR count). The van der Waals surface area contributed by atoms with Gasteiger partial charge in [-0.25, -0.2) is 9.37 Å². The Morgan fingerprint density at radius 1 is 1.43 bits per heavy atom. The smallest absolute Gasteiger partial charge is 0.273 e. The summed E-state index contributed by atoms with van der Waals surface area (Å²) in [5, 5.41) is 2.74. The van der Waals surface area contributed by atoms with Gasteiger partial charge in [0.05, 0.1) is 6.04 Å². The van der Waals surface area contributed by atoms with Crippen molar-refractivity contribution in [1.29, 1.82) is 0 Å². The molecule has 1 unspecified atom stereocenters. The lowest BCUT2D eigenvalue weighted by Crippen LogP contribution is -2.26. The Balaban J connectivity index is 1.85. The van der Waals surface area contributed by atoms with Crippen molar-refractivity contribution in [1.82, 2.24) is 10.3 Å². The van der Waals surface area contributed by atoms with Crippen molar-refractivity contribution in [3.8, 4) is 0 Å². The third kappa shape index (κ3) is 5.17. The Labute approximate surface area is 135 Å². The van der Waals surface area contributed by atoms with Crippen molar-refractivity contribution in [2.45, 2.75) is 32.7 Å². The van der Waals surface area contributed by atoms with E-state index in [-0.39, 0.29) is 23.5 Å². The van der Waals surface area contributed by atoms with Gasteiger partial charge in [-0.05, 0) is 36.5 Å². The maximum Gasteiger partial charge on any atom is 0.273 e. The first kappa shape index (κ1) is 17.1. The molecule has 1 amide bonds. The molecule has 1 aromatic carbocycles. The van der Waals surface area contributed by atoms with E-state index in [9.17, 15) is 9.18 Å². The van der Waals surface area contributed by atoms with E-state index >= 15 is 0 Å². The number of hydrogen-bond acceptors (Lipinski definition) is 4. The molecule has 1 heterocycles. The quantitative estimate of drug-likeness (QED) is 0.822. The zero-order chi connectivity index (χ0) is 16.8. The topological polar surface area (TPSA) is 81.1 Å². The van der Waals surface area contributed by atoms with E-state index in [0.717, 1.165) is 12.0 Å². The third-order valence-corrected chi connectivity index (χ3v) is 3.39. The zero-order valence-corrected chi connectivity index (χ0v) is 13.4. The minimum Gasteiger partial charge on any atom is -0.446 e. The molecule has 0 radical (unpaired) electrons. The van der Waals surface area contributed by atoms with E-state index in [1.807, 2.05) is 6.07 Å². The zero-order valence-electron chi connectivity index (χ0n) is 13.4. The lowest BCUT2D eigenvalue weighted by atomic mass is 10.0. The van der Waals surface area contributed by atoms with Gasteiger partial charge in [-0.3, -0.25) is 4.79 Å². The molecule has 0 spiro atoms. The van der Waals surface area contributed by atoms with Crippen molar-refractivity contribution in [2.75, 3.05) is 6.54 Å². The number of rotatable bonds is 7. The molecule has 1 aromatic heterocycles. The first-order chi connectivity index (χ1) is 11.0. The Morgan fingerprint density at radius 2 is 2.22 bits per heavy atom. The molecule has 3 N–H and O–H groups in total. The number of nitrogens with one attached hydrogen (secondary N) is 1. The van der Waals surface area contributed by atoms with Gasteiger partial charge in [0.1, 0.15) is 12.1 Å². The number of nitrogens with two attached hydrogens (primary N) is 1. The molecule has 0 aliphatic rings. The molecule has 5 nitrogen and oxygen atoms in total. The Morgan fingerprint density at radius 3 is 2.91 bits per heavy atom. The molecule has 0 saturated carbocycles. The number of benzene rings is 1. The van der Waals surface area contributed by atoms with Gasteiger partial charge in [0.25, 0.3) is 5.91 Å². The summed E-state index contributed by atoms with van der Waals surface area (Å²) in [6.45, 7) is 4.51. The van der Waals surface area contributed by atoms with Crippen molar-refractivity contribution >= 4 is 5.91 Å². The summed E-state index contributed by atoms with van der Waals surface area (Å²) in [6.07, 6.45) is 2.59. The summed E-state index contributed by atoms with van der Waals surface area (Å²) in [6, 6.07) is 5.98. The van der Waals surface area contributed by atoms with Gasteiger partial charge in [0.2, 0.25) is 5.89 Å². The molecule has 6 heteroatoms. The summed E-state index contributed by atoms with van der Waals surface area (Å²) >= 11 is 0. The number of aromatic nitrogens is 1. The summed E-state index contributed by atoms with van der Waals surface area (Å²) in [5.41, 5.74) is 7.01. The summed E-state index contributed by atoms with van der Waals surface area (Å²) in [5.74, 6) is 0.177. The number of halogens is 1. The molecule has 0 bridgehead atoms. The van der Waals surface area contributed by atoms with Gasteiger partial charge in [0.15, 0.2) is 5.69 Å². The Hall–Kier alpha value is -2.21. The van der Waals surface area contributed by atoms with Gasteiger partial charge < -0.3 is 15.5 Å². The van der Waals surface area contributed by atoms with Gasteiger partial charge in [-0.2, -0.15) is 0 Å². The van der Waals surface area contributed by atoms with Crippen molar-refractivity contribution < 1.29 is 13.6 Å². The molecule has 124 valence electrons. The Kier molecular flexibility index (Phi) is 5.87. The summed E-state index contributed by atoms with van der Waals surface area (Å²) < 4.78 is 18.3. The fourth-order valence-corrected chi connectivity index (χ4v) is 2.27. The first-order valence-electron chi connectivity index (χ1n) is 7.69. The number of amides is 1. The second-order valence-corrected chi connectivity index (χ2v) is 5.94. The van der Waals surface area contributed by atoms with E-state index < -0.39 is 0 Å². The summed E-state index contributed by atoms with van der Waals surface area (Å²) in [4.78, 5) is 16.2. The van der Waals surface area contributed by atoms with Gasteiger partial charge in [-0.15, -0.1) is 0 Å². The highest BCUT2D eigenvalue weighted by Crippen LogP contribution is 2.18. The van der Waals surface area contributed by atoms with Crippen molar-refractivity contribution in [3.63, 3.8) is 0 Å². The van der Waals surface area contributed by atoms with Crippen LogP contribution in [-0.4, -0.2) is 17.4 Å². The normalized spacial score (nSPS) is 12.4. The monoisotopic (exact) mass is 319 g/mol. The van der Waals surface area contributed by atoms with Gasteiger partial charge in [0, 0.05) is 6.54 Å². The van der Waals surface area contributed by atoms with Crippen LogP contribution in [-0.2, 0) is 6.42 Å². The minimum atomic E-state index is -0.326. The molecule has 1 atom stereocenters. The second-order valence-electron chi connectivity index (χ2n) is 5.94. The van der Waals surface area contributed by atoms with Crippen LogP contribution < -0.4 is 11.1 Å². The second kappa shape index (κ2) is 7.87. The fraction of sp³-hybridized carbons (Fsp3) is 0.412. The molecular formula is C17H22FN3O2. The maximum atomic E-state index is 13.1. The van der Waals surface area contributed by atoms with Crippen LogP contribution >= 0.6 is 0 Å². The van der Waals surface area contributed by atoms with Crippen LogP contribution in [0.2, 0.25) is 0 Å². The fourth-order valence-electron chi connectivity index (χ4n) is 2.27. The van der Waals surface area contributed by atoms with Crippen LogP contribution in [0, 0.1) is 11.7 Å². The molecule has 0 aliphatic heterocycles. The molecule has 2 aromatic rings. The van der Waals surface area contributed by atoms with E-state index in [1.165, 1.54) is 18.4 Å². The molecule has 0 fully saturated rings. The highest BCUT2D eigenvalue weighted by Gasteiger charge is 2.17. The highest BCUT2D eigenvalue weighted by molar-refractivity contribution is 5.91. The predicted molar refractivity (Wildman–Crippen MR) is 85.3 cm³/mol. The highest BCUT2D eigenvalue weighted by atomic mass is 19.1. The SMILES string of the molecule is CC(C)CC(N)c1nc(C(=O)NCCc2cccc(F)c2)co1. The predicted octanol–water partition coefficient (Wildman–Crippen LogP) is 2.83. The summed E-state index contributed by atoms with van der Waals surface area (Å²) in [7, 11) is 0. The van der Waals surface area contributed by atoms with E-state index in [4.69, 9.17) is 10.2 Å². The van der Waals surface area contributed by atoms with Crippen LogP contribution in [0.25, 0.3) is 0 Å². The van der Waals surface area contributed by atoms with E-state index in [0.29, 0.717) is 24.8 Å². The molecule has 0 aliphatic carbocycles. The average Bonchev–Trinajstić information content (AvgIpc) is 2.96. The molecule has 23 heavy (non-hydrogen) atoms. The molecular weight excluding hydrogens is 297 g/mol. The van der Waals surface area contributed by atoms with Gasteiger partial charge in [-0.1, -0.05) is 26.0 Å². The number of oxazole rings is 1. The van der Waals surface area contributed by atoms with Gasteiger partial charge >= 0.3 is 0 Å². The number of hydrogen-bond donors (Lipinski definition) is 2. The lowest BCUT2D eigenvalue weighted by Gasteiger charge is -2.09. The number of carbonyl (C=O) groups excluding carboxylic acids is 1. The average molecular weight is 319 g/mol. The largest absolute Gasteiger partial charge is 0.446 e. The van der Waals surface area contributed by atoms with Crippen LogP contribution in [0.3, 0.4) is 0 Å². The van der Waals surface area contributed by atoms with Crippen molar-refractivity contribution in [2.24, 2.45) is 11.7 Å². The number of nitrogens with zero attached hydrogens (tertiary/aromatic N) is 1. The van der Waals surface area contributed by atoms with E-state index in [2.05, 4.69) is 24.1 Å². The molecule has 0 saturated heterocycles. The van der Waals surface area contributed by atoms with Crippen LogP contribution in [0.4, 0.5) is 4.39 Å². The standard InChI is InChI=1S/C17H22FN3O2/c1-11(2)8-14(19)17-21-15(10-23-17)16(22)20-7-6-12-4-3-5-13(18)9-12/h3-5,9-11,14H,6-8,19H2,1-2H3,(H,20,22). The lowest BCUT2D eigenvalue weighted by molar-refractivity contribution is 0.0949.